The molecule has 2 heterocycles. The van der Waals surface area contributed by atoms with Gasteiger partial charge < -0.3 is 9.47 Å². The predicted octanol–water partition coefficient (Wildman–Crippen LogP) is 3.33. The lowest BCUT2D eigenvalue weighted by Crippen LogP contribution is -2.23. The van der Waals surface area contributed by atoms with Crippen LogP contribution in [0.2, 0.25) is 0 Å². The zero-order valence-electron chi connectivity index (χ0n) is 17.2. The summed E-state index contributed by atoms with van der Waals surface area (Å²) in [5.41, 5.74) is 1.85. The minimum atomic E-state index is -0.400. The standard InChI is InChI=1S/C23H21N3O4S/c1-3-4-13-30-18-11-9-16(10-12-18)20-24-23-26(25-20)21(27)19(31-23)14-15-5-7-17(8-6-15)22(28)29-2/h5-12,14H,3-4,13H2,1-2H3/b19-14+. The van der Waals surface area contributed by atoms with Crippen LogP contribution in [-0.4, -0.2) is 34.3 Å². The average molecular weight is 436 g/mol. The summed E-state index contributed by atoms with van der Waals surface area (Å²) in [6, 6.07) is 14.4. The van der Waals surface area contributed by atoms with E-state index in [-0.39, 0.29) is 5.56 Å². The van der Waals surface area contributed by atoms with Gasteiger partial charge in [0.2, 0.25) is 4.96 Å². The Morgan fingerprint density at radius 2 is 1.87 bits per heavy atom. The van der Waals surface area contributed by atoms with Gasteiger partial charge in [0.25, 0.3) is 5.56 Å². The smallest absolute Gasteiger partial charge is 0.337 e. The lowest BCUT2D eigenvalue weighted by atomic mass is 10.1. The number of fused-ring (bicyclic) bond motifs is 1. The predicted molar refractivity (Wildman–Crippen MR) is 120 cm³/mol. The number of unbranched alkanes of at least 4 members (excludes halogenated alkanes) is 1. The van der Waals surface area contributed by atoms with Gasteiger partial charge in [-0.2, -0.15) is 9.50 Å². The van der Waals surface area contributed by atoms with Crippen molar-refractivity contribution in [2.24, 2.45) is 0 Å². The lowest BCUT2D eigenvalue weighted by Gasteiger charge is -2.05. The number of nitrogens with zero attached hydrogens (tertiary/aromatic N) is 3. The molecule has 0 aliphatic rings. The van der Waals surface area contributed by atoms with E-state index in [2.05, 4.69) is 17.0 Å². The number of carbonyl (C=O) groups is 1. The molecule has 2 aromatic heterocycles. The van der Waals surface area contributed by atoms with Crippen LogP contribution in [-0.2, 0) is 4.74 Å². The molecule has 0 spiro atoms. The Hall–Kier alpha value is -3.52. The zero-order chi connectivity index (χ0) is 21.8. The van der Waals surface area contributed by atoms with E-state index in [9.17, 15) is 9.59 Å². The molecule has 0 saturated heterocycles. The number of rotatable bonds is 7. The number of aromatic nitrogens is 3. The largest absolute Gasteiger partial charge is 0.494 e. The van der Waals surface area contributed by atoms with Crippen LogP contribution in [0.5, 0.6) is 5.75 Å². The molecule has 2 aromatic carbocycles. The number of esters is 1. The van der Waals surface area contributed by atoms with Gasteiger partial charge in [0.05, 0.1) is 23.8 Å². The van der Waals surface area contributed by atoms with Crippen molar-refractivity contribution >= 4 is 28.3 Å². The second kappa shape index (κ2) is 9.09. The molecule has 0 fully saturated rings. The number of thiazole rings is 1. The molecule has 0 bridgehead atoms. The Balaban J connectivity index is 1.57. The molecule has 158 valence electrons. The fourth-order valence-electron chi connectivity index (χ4n) is 2.98. The normalized spacial score (nSPS) is 11.7. The monoisotopic (exact) mass is 435 g/mol. The first kappa shape index (κ1) is 20.7. The van der Waals surface area contributed by atoms with Gasteiger partial charge in [-0.1, -0.05) is 36.8 Å². The molecular formula is C23H21N3O4S. The maximum absolute atomic E-state index is 12.7. The van der Waals surface area contributed by atoms with E-state index in [0.717, 1.165) is 29.7 Å². The Bertz CT molecular complexity index is 1310. The SMILES string of the molecule is CCCCOc1ccc(-c2nc3s/c(=C/c4ccc(C(=O)OC)cc4)c(=O)n3n2)cc1. The lowest BCUT2D eigenvalue weighted by molar-refractivity contribution is 0.0600. The highest BCUT2D eigenvalue weighted by Gasteiger charge is 2.12. The van der Waals surface area contributed by atoms with Gasteiger partial charge in [-0.05, 0) is 54.5 Å². The molecule has 0 aliphatic heterocycles. The average Bonchev–Trinajstić information content (AvgIpc) is 3.34. The zero-order valence-corrected chi connectivity index (χ0v) is 18.0. The van der Waals surface area contributed by atoms with Crippen LogP contribution >= 0.6 is 11.3 Å². The first-order valence-electron chi connectivity index (χ1n) is 9.92. The van der Waals surface area contributed by atoms with E-state index in [1.54, 1.807) is 30.3 Å². The molecule has 8 heteroatoms. The summed E-state index contributed by atoms with van der Waals surface area (Å²) in [4.78, 5) is 29.3. The summed E-state index contributed by atoms with van der Waals surface area (Å²) in [6.07, 6.45) is 3.86. The van der Waals surface area contributed by atoms with Crippen molar-refractivity contribution in [3.05, 3.63) is 74.5 Å². The van der Waals surface area contributed by atoms with Crippen LogP contribution in [0.3, 0.4) is 0 Å². The fourth-order valence-corrected chi connectivity index (χ4v) is 3.88. The molecule has 0 atom stereocenters. The number of benzene rings is 2. The number of hydrogen-bond acceptors (Lipinski definition) is 7. The second-order valence-electron chi connectivity index (χ2n) is 6.89. The van der Waals surface area contributed by atoms with E-state index in [1.165, 1.54) is 23.0 Å². The number of ether oxygens (including phenoxy) is 2. The van der Waals surface area contributed by atoms with Crippen LogP contribution < -0.4 is 14.8 Å². The van der Waals surface area contributed by atoms with Gasteiger partial charge in [-0.25, -0.2) is 4.79 Å². The maximum atomic E-state index is 12.7. The van der Waals surface area contributed by atoms with Crippen LogP contribution in [0.4, 0.5) is 0 Å². The first-order valence-corrected chi connectivity index (χ1v) is 10.7. The van der Waals surface area contributed by atoms with Gasteiger partial charge in [-0.15, -0.1) is 5.10 Å². The second-order valence-corrected chi connectivity index (χ2v) is 7.89. The Labute approximate surface area is 182 Å². The summed E-state index contributed by atoms with van der Waals surface area (Å²) >= 11 is 1.27. The van der Waals surface area contributed by atoms with Crippen molar-refractivity contribution in [3.63, 3.8) is 0 Å². The van der Waals surface area contributed by atoms with Gasteiger partial charge >= 0.3 is 5.97 Å². The van der Waals surface area contributed by atoms with E-state index in [4.69, 9.17) is 9.47 Å². The molecule has 0 aliphatic carbocycles. The molecule has 31 heavy (non-hydrogen) atoms. The molecule has 0 N–H and O–H groups in total. The molecule has 0 saturated carbocycles. The third-order valence-electron chi connectivity index (χ3n) is 4.69. The van der Waals surface area contributed by atoms with Crippen molar-refractivity contribution in [1.82, 2.24) is 14.6 Å². The van der Waals surface area contributed by atoms with Gasteiger partial charge in [0.15, 0.2) is 5.82 Å². The molecular weight excluding hydrogens is 414 g/mol. The van der Waals surface area contributed by atoms with E-state index < -0.39 is 5.97 Å². The third-order valence-corrected chi connectivity index (χ3v) is 5.65. The molecule has 7 nitrogen and oxygen atoms in total. The Morgan fingerprint density at radius 1 is 1.13 bits per heavy atom. The highest BCUT2D eigenvalue weighted by molar-refractivity contribution is 7.15. The molecule has 0 radical (unpaired) electrons. The van der Waals surface area contributed by atoms with E-state index in [0.29, 0.717) is 27.5 Å². The summed E-state index contributed by atoms with van der Waals surface area (Å²) in [5, 5.41) is 4.38. The number of hydrogen-bond donors (Lipinski definition) is 0. The van der Waals surface area contributed by atoms with Crippen molar-refractivity contribution in [3.8, 4) is 17.1 Å². The highest BCUT2D eigenvalue weighted by atomic mass is 32.1. The number of methoxy groups -OCH3 is 1. The topological polar surface area (TPSA) is 82.8 Å². The van der Waals surface area contributed by atoms with Crippen LogP contribution in [0.1, 0.15) is 35.7 Å². The summed E-state index contributed by atoms with van der Waals surface area (Å²) in [5.74, 6) is 0.901. The minimum Gasteiger partial charge on any atom is -0.494 e. The van der Waals surface area contributed by atoms with Crippen LogP contribution in [0, 0.1) is 0 Å². The molecule has 0 unspecified atom stereocenters. The summed E-state index contributed by atoms with van der Waals surface area (Å²) < 4.78 is 12.2. The third kappa shape index (κ3) is 4.49. The first-order chi connectivity index (χ1) is 15.1. The van der Waals surface area contributed by atoms with Crippen molar-refractivity contribution in [2.45, 2.75) is 19.8 Å². The summed E-state index contributed by atoms with van der Waals surface area (Å²) in [6.45, 7) is 2.81. The minimum absolute atomic E-state index is 0.227. The fraction of sp³-hybridized carbons (Fsp3) is 0.217. The molecule has 4 aromatic rings. The van der Waals surface area contributed by atoms with E-state index in [1.807, 2.05) is 24.3 Å². The number of carbonyl (C=O) groups excluding carboxylic acids is 1. The quantitative estimate of drug-likeness (QED) is 0.327. The Kier molecular flexibility index (Phi) is 6.08. The van der Waals surface area contributed by atoms with Crippen LogP contribution in [0.15, 0.2) is 53.3 Å². The highest BCUT2D eigenvalue weighted by Crippen LogP contribution is 2.20. The maximum Gasteiger partial charge on any atom is 0.337 e. The van der Waals surface area contributed by atoms with Gasteiger partial charge in [0.1, 0.15) is 5.75 Å². The summed E-state index contributed by atoms with van der Waals surface area (Å²) in [7, 11) is 1.34. The van der Waals surface area contributed by atoms with Gasteiger partial charge in [-0.3, -0.25) is 4.79 Å². The molecule has 4 rings (SSSR count). The van der Waals surface area contributed by atoms with Crippen molar-refractivity contribution in [2.75, 3.05) is 13.7 Å². The van der Waals surface area contributed by atoms with Crippen molar-refractivity contribution in [1.29, 1.82) is 0 Å². The Morgan fingerprint density at radius 3 is 2.52 bits per heavy atom. The van der Waals surface area contributed by atoms with Gasteiger partial charge in [0, 0.05) is 5.56 Å². The van der Waals surface area contributed by atoms with E-state index >= 15 is 0 Å². The van der Waals surface area contributed by atoms with Crippen LogP contribution in [0.25, 0.3) is 22.4 Å². The molecule has 0 amide bonds. The van der Waals surface area contributed by atoms with Crippen molar-refractivity contribution < 1.29 is 14.3 Å².